The topological polar surface area (TPSA) is 110 Å². The van der Waals surface area contributed by atoms with Crippen molar-refractivity contribution in [1.29, 1.82) is 0 Å². The Labute approximate surface area is 202 Å². The molecule has 0 unspecified atom stereocenters. The van der Waals surface area contributed by atoms with E-state index in [0.29, 0.717) is 51.2 Å². The van der Waals surface area contributed by atoms with Gasteiger partial charge in [-0.05, 0) is 59.5 Å². The van der Waals surface area contributed by atoms with Crippen LogP contribution in [-0.4, -0.2) is 28.0 Å². The fourth-order valence-corrected chi connectivity index (χ4v) is 3.85. The number of pyridine rings is 1. The van der Waals surface area contributed by atoms with Crippen LogP contribution in [0.1, 0.15) is 28.4 Å². The lowest BCUT2D eigenvalue weighted by Crippen LogP contribution is -2.25. The van der Waals surface area contributed by atoms with Gasteiger partial charge in [0.1, 0.15) is 18.1 Å². The minimum absolute atomic E-state index is 0.0862. The fraction of sp³-hybridized carbons (Fsp3) is 0.160. The first-order chi connectivity index (χ1) is 17.1. The fourth-order valence-electron chi connectivity index (χ4n) is 3.85. The molecule has 0 fully saturated rings. The third kappa shape index (κ3) is 4.99. The van der Waals surface area contributed by atoms with Crippen LogP contribution in [-0.2, 0) is 22.6 Å². The molecule has 0 aliphatic carbocycles. The maximum atomic E-state index is 13.3. The lowest BCUT2D eigenvalue weighted by atomic mass is 10.0. The number of benzene rings is 2. The van der Waals surface area contributed by atoms with Crippen LogP contribution in [0.2, 0.25) is 0 Å². The number of fused-ring (bicyclic) bond motifs is 1. The Morgan fingerprint density at radius 2 is 1.86 bits per heavy atom. The molecule has 0 saturated heterocycles. The van der Waals surface area contributed by atoms with Crippen LogP contribution in [0.25, 0.3) is 22.3 Å². The molecule has 11 heteroatoms. The lowest BCUT2D eigenvalue weighted by Gasteiger charge is -2.17. The minimum Gasteiger partial charge on any atom is -0.454 e. The van der Waals surface area contributed by atoms with Gasteiger partial charge in [0.25, 0.3) is 5.91 Å². The molecule has 2 heterocycles. The van der Waals surface area contributed by atoms with E-state index in [-0.39, 0.29) is 11.4 Å². The van der Waals surface area contributed by atoms with Gasteiger partial charge in [-0.2, -0.15) is 13.2 Å². The highest BCUT2D eigenvalue weighted by Gasteiger charge is 2.41. The van der Waals surface area contributed by atoms with Crippen LogP contribution in [0.4, 0.5) is 28.9 Å². The summed E-state index contributed by atoms with van der Waals surface area (Å²) in [4.78, 5) is 30.7. The Morgan fingerprint density at radius 1 is 1.14 bits per heavy atom. The largest absolute Gasteiger partial charge is 0.490 e. The molecular formula is C25H20F4N4O3. The van der Waals surface area contributed by atoms with Crippen LogP contribution >= 0.6 is 0 Å². The molecule has 7 nitrogen and oxygen atoms in total. The number of ether oxygens (including phenoxy) is 1. The summed E-state index contributed by atoms with van der Waals surface area (Å²) in [6, 6.07) is 12.3. The molecule has 0 bridgehead atoms. The number of hydrogen-bond donors (Lipinski definition) is 3. The Balaban J connectivity index is 1.75. The number of anilines is 2. The van der Waals surface area contributed by atoms with Crippen LogP contribution in [0.15, 0.2) is 54.7 Å². The van der Waals surface area contributed by atoms with Gasteiger partial charge in [0, 0.05) is 23.0 Å². The second-order valence-electron chi connectivity index (χ2n) is 7.86. The molecule has 4 aromatic rings. The first kappa shape index (κ1) is 24.7. The van der Waals surface area contributed by atoms with Gasteiger partial charge in [0.15, 0.2) is 0 Å². The number of esters is 1. The molecular weight excluding hydrogens is 480 g/mol. The molecule has 0 radical (unpaired) electrons. The van der Waals surface area contributed by atoms with Crippen molar-refractivity contribution in [1.82, 2.24) is 9.97 Å². The summed E-state index contributed by atoms with van der Waals surface area (Å²) in [6.07, 6.45) is -3.41. The first-order valence-electron chi connectivity index (χ1n) is 10.8. The van der Waals surface area contributed by atoms with E-state index in [2.05, 4.69) is 20.0 Å². The summed E-state index contributed by atoms with van der Waals surface area (Å²) in [6.45, 7) is 1.21. The highest BCUT2D eigenvalue weighted by atomic mass is 19.4. The summed E-state index contributed by atoms with van der Waals surface area (Å²) >= 11 is 0. The van der Waals surface area contributed by atoms with E-state index in [0.717, 1.165) is 0 Å². The second kappa shape index (κ2) is 9.68. The number of nitrogens with two attached hydrogens (primary N) is 1. The average molecular weight is 500 g/mol. The maximum absolute atomic E-state index is 13.3. The zero-order chi connectivity index (χ0) is 26.0. The molecule has 186 valence electrons. The number of halogens is 4. The van der Waals surface area contributed by atoms with E-state index in [9.17, 15) is 27.2 Å². The van der Waals surface area contributed by atoms with E-state index in [1.54, 1.807) is 43.3 Å². The van der Waals surface area contributed by atoms with Gasteiger partial charge in [-0.3, -0.25) is 4.79 Å². The molecule has 0 aliphatic heterocycles. The summed E-state index contributed by atoms with van der Waals surface area (Å²) in [7, 11) is 0. The molecule has 0 aliphatic rings. The zero-order valence-corrected chi connectivity index (χ0v) is 18.9. The van der Waals surface area contributed by atoms with Crippen molar-refractivity contribution in [3.05, 3.63) is 77.2 Å². The molecule has 4 rings (SSSR count). The van der Waals surface area contributed by atoms with Crippen LogP contribution in [0.5, 0.6) is 0 Å². The highest BCUT2D eigenvalue weighted by molar-refractivity contribution is 6.08. The van der Waals surface area contributed by atoms with Crippen molar-refractivity contribution in [3.63, 3.8) is 0 Å². The third-order valence-corrected chi connectivity index (χ3v) is 5.56. The van der Waals surface area contributed by atoms with Crippen molar-refractivity contribution < 1.29 is 31.9 Å². The SMILES string of the molecule is CCc1c(COC(=O)C(F)(F)F)cccc1Nc1c(C(N)=O)cnc2[nH]c(-c3ccc(F)cc3)cc12. The van der Waals surface area contributed by atoms with Crippen molar-refractivity contribution in [2.24, 2.45) is 5.73 Å². The molecule has 2 aromatic carbocycles. The van der Waals surface area contributed by atoms with Crippen LogP contribution in [0.3, 0.4) is 0 Å². The van der Waals surface area contributed by atoms with E-state index in [1.807, 2.05) is 0 Å². The predicted molar refractivity (Wildman–Crippen MR) is 125 cm³/mol. The number of nitrogens with zero attached hydrogens (tertiary/aromatic N) is 1. The van der Waals surface area contributed by atoms with Crippen molar-refractivity contribution in [2.75, 3.05) is 5.32 Å². The van der Waals surface area contributed by atoms with E-state index >= 15 is 0 Å². The standard InChI is InChI=1S/C25H20F4N4O3/c1-2-16-14(12-36-24(35)25(27,28)29)4-3-5-19(16)32-21-17-10-20(13-6-8-15(26)9-7-13)33-23(17)31-11-18(21)22(30)34/h3-11H,2,12H2,1H3,(H2,30,34)(H2,31,32,33). The van der Waals surface area contributed by atoms with E-state index in [1.165, 1.54) is 18.3 Å². The maximum Gasteiger partial charge on any atom is 0.490 e. The number of nitrogens with one attached hydrogen (secondary N) is 2. The summed E-state index contributed by atoms with van der Waals surface area (Å²) in [5.74, 6) is -3.42. The number of aromatic nitrogens is 2. The Kier molecular flexibility index (Phi) is 6.65. The number of carbonyl (C=O) groups is 2. The molecule has 1 amide bonds. The van der Waals surface area contributed by atoms with Gasteiger partial charge in [0.05, 0.1) is 11.3 Å². The molecule has 36 heavy (non-hydrogen) atoms. The van der Waals surface area contributed by atoms with E-state index < -0.39 is 24.7 Å². The van der Waals surface area contributed by atoms with Crippen LogP contribution < -0.4 is 11.1 Å². The molecule has 4 N–H and O–H groups in total. The van der Waals surface area contributed by atoms with Gasteiger partial charge in [-0.1, -0.05) is 19.1 Å². The summed E-state index contributed by atoms with van der Waals surface area (Å²) < 4.78 is 55.4. The number of primary amides is 1. The molecule has 0 atom stereocenters. The number of rotatable bonds is 7. The highest BCUT2D eigenvalue weighted by Crippen LogP contribution is 2.34. The number of H-pyrrole nitrogens is 1. The van der Waals surface area contributed by atoms with Crippen molar-refractivity contribution in [2.45, 2.75) is 26.1 Å². The van der Waals surface area contributed by atoms with Crippen molar-refractivity contribution >= 4 is 34.3 Å². The predicted octanol–water partition coefficient (Wildman–Crippen LogP) is 5.38. The van der Waals surface area contributed by atoms with Gasteiger partial charge in [0.2, 0.25) is 0 Å². The Bertz CT molecular complexity index is 1450. The van der Waals surface area contributed by atoms with Gasteiger partial charge >= 0.3 is 12.1 Å². The van der Waals surface area contributed by atoms with Crippen LogP contribution in [0, 0.1) is 5.82 Å². The summed E-state index contributed by atoms with van der Waals surface area (Å²) in [5.41, 5.74) is 9.16. The number of carbonyl (C=O) groups excluding carboxylic acids is 2. The number of amides is 1. The average Bonchev–Trinajstić information content (AvgIpc) is 3.27. The minimum atomic E-state index is -5.10. The van der Waals surface area contributed by atoms with Gasteiger partial charge in [-0.25, -0.2) is 14.2 Å². The smallest absolute Gasteiger partial charge is 0.454 e. The quantitative estimate of drug-likeness (QED) is 0.233. The van der Waals surface area contributed by atoms with E-state index in [4.69, 9.17) is 5.73 Å². The third-order valence-electron chi connectivity index (χ3n) is 5.56. The number of aromatic amines is 1. The number of hydrogen-bond acceptors (Lipinski definition) is 5. The first-order valence-corrected chi connectivity index (χ1v) is 10.8. The van der Waals surface area contributed by atoms with Gasteiger partial charge < -0.3 is 20.8 Å². The second-order valence-corrected chi connectivity index (χ2v) is 7.86. The Hall–Kier alpha value is -4.41. The molecule has 2 aromatic heterocycles. The van der Waals surface area contributed by atoms with Crippen molar-refractivity contribution in [3.8, 4) is 11.3 Å². The summed E-state index contributed by atoms with van der Waals surface area (Å²) in [5, 5.41) is 3.68. The molecule has 0 spiro atoms. The normalized spacial score (nSPS) is 11.5. The zero-order valence-electron chi connectivity index (χ0n) is 18.9. The number of alkyl halides is 3. The monoisotopic (exact) mass is 500 g/mol. The van der Waals surface area contributed by atoms with Gasteiger partial charge in [-0.15, -0.1) is 0 Å². The lowest BCUT2D eigenvalue weighted by molar-refractivity contribution is -0.201. The Morgan fingerprint density at radius 3 is 2.50 bits per heavy atom. The molecule has 0 saturated carbocycles.